The van der Waals surface area contributed by atoms with Crippen molar-refractivity contribution in [3.63, 3.8) is 0 Å². The number of rotatable bonds is 7. The van der Waals surface area contributed by atoms with E-state index in [-0.39, 0.29) is 11.7 Å². The van der Waals surface area contributed by atoms with Gasteiger partial charge < -0.3 is 9.84 Å². The van der Waals surface area contributed by atoms with Gasteiger partial charge >= 0.3 is 5.97 Å². The number of allylic oxidation sites excluding steroid dienone is 1. The Morgan fingerprint density at radius 1 is 1.27 bits per heavy atom. The summed E-state index contributed by atoms with van der Waals surface area (Å²) in [5.74, 6) is -0.476. The van der Waals surface area contributed by atoms with Gasteiger partial charge in [0.25, 0.3) is 0 Å². The maximum atomic E-state index is 11.5. The van der Waals surface area contributed by atoms with Crippen LogP contribution in [0.2, 0.25) is 0 Å². The molecule has 2 aromatic rings. The van der Waals surface area contributed by atoms with Gasteiger partial charge in [-0.1, -0.05) is 24.3 Å². The lowest BCUT2D eigenvalue weighted by Crippen LogP contribution is -2.10. The minimum Gasteiger partial charge on any atom is -0.489 e. The third-order valence-electron chi connectivity index (χ3n) is 3.58. The monoisotopic (exact) mass is 498 g/mol. The summed E-state index contributed by atoms with van der Waals surface area (Å²) >= 11 is 8.46. The number of hydrogen-bond acceptors (Lipinski definition) is 3. The van der Waals surface area contributed by atoms with E-state index < -0.39 is 5.97 Å². The zero-order valence-electron chi connectivity index (χ0n) is 14.8. The highest BCUT2D eigenvalue weighted by Crippen LogP contribution is 2.39. The van der Waals surface area contributed by atoms with Crippen LogP contribution in [-0.2, 0) is 6.42 Å². The van der Waals surface area contributed by atoms with Crippen LogP contribution >= 0.6 is 43.6 Å². The van der Waals surface area contributed by atoms with Gasteiger partial charge in [-0.25, -0.2) is 4.79 Å². The summed E-state index contributed by atoms with van der Waals surface area (Å²) in [4.78, 5) is 12.7. The van der Waals surface area contributed by atoms with Crippen molar-refractivity contribution in [3.05, 3.63) is 62.0 Å². The molecule has 6 heteroatoms. The molecule has 0 aliphatic rings. The van der Waals surface area contributed by atoms with Gasteiger partial charge in [0.2, 0.25) is 0 Å². The Bertz CT molecular complexity index is 815. The van der Waals surface area contributed by atoms with Crippen LogP contribution in [0.5, 0.6) is 5.75 Å². The molecule has 0 aliphatic heterocycles. The molecule has 2 aromatic carbocycles. The van der Waals surface area contributed by atoms with Crippen molar-refractivity contribution in [2.24, 2.45) is 0 Å². The molecule has 0 heterocycles. The van der Waals surface area contributed by atoms with Crippen LogP contribution in [0, 0.1) is 0 Å². The van der Waals surface area contributed by atoms with E-state index in [0.717, 1.165) is 12.0 Å². The molecule has 26 heavy (non-hydrogen) atoms. The van der Waals surface area contributed by atoms with E-state index >= 15 is 0 Å². The fraction of sp³-hybridized carbons (Fsp3) is 0.250. The SMILES string of the molecule is CSc1ccc(CC=Cc2cc(Br)c(C(=O)O)c(Br)c2OC(C)C)cc1. The standard InChI is InChI=1S/C20H20Br2O3S/c1-12(2)25-19-14(11-16(21)17(18(19)22)20(23)24)6-4-5-13-7-9-15(26-3)10-8-13/h4,6-12H,5H2,1-3H3,(H,23,24). The van der Waals surface area contributed by atoms with Gasteiger partial charge in [-0.05, 0) is 82.1 Å². The van der Waals surface area contributed by atoms with Crippen LogP contribution in [0.1, 0.15) is 35.3 Å². The molecule has 0 bridgehead atoms. The highest BCUT2D eigenvalue weighted by molar-refractivity contribution is 9.11. The zero-order valence-corrected chi connectivity index (χ0v) is 18.7. The molecule has 2 rings (SSSR count). The predicted molar refractivity (Wildman–Crippen MR) is 116 cm³/mol. The number of aromatic carboxylic acids is 1. The molecule has 0 radical (unpaired) electrons. The first-order chi connectivity index (χ1) is 12.3. The second-order valence-electron chi connectivity index (χ2n) is 5.89. The number of ether oxygens (including phenoxy) is 1. The lowest BCUT2D eigenvalue weighted by atomic mass is 10.1. The average molecular weight is 500 g/mol. The summed E-state index contributed by atoms with van der Waals surface area (Å²) in [5, 5.41) is 9.43. The molecule has 0 saturated heterocycles. The topological polar surface area (TPSA) is 46.5 Å². The van der Waals surface area contributed by atoms with Crippen molar-refractivity contribution in [2.45, 2.75) is 31.3 Å². The smallest absolute Gasteiger partial charge is 0.338 e. The van der Waals surface area contributed by atoms with E-state index in [1.54, 1.807) is 17.8 Å². The van der Waals surface area contributed by atoms with Crippen molar-refractivity contribution < 1.29 is 14.6 Å². The third-order valence-corrected chi connectivity index (χ3v) is 5.71. The number of carboxylic acids is 1. The van der Waals surface area contributed by atoms with Gasteiger partial charge in [0.1, 0.15) is 5.75 Å². The lowest BCUT2D eigenvalue weighted by molar-refractivity contribution is 0.0694. The quantitative estimate of drug-likeness (QED) is 0.432. The number of halogens is 2. The van der Waals surface area contributed by atoms with Gasteiger partial charge in [-0.15, -0.1) is 11.8 Å². The number of carboxylic acid groups (broad SMARTS) is 1. The minimum atomic E-state index is -1.01. The van der Waals surface area contributed by atoms with Gasteiger partial charge in [-0.2, -0.15) is 0 Å². The molecule has 3 nitrogen and oxygen atoms in total. The van der Waals surface area contributed by atoms with Gasteiger partial charge in [0, 0.05) is 14.9 Å². The van der Waals surface area contributed by atoms with E-state index in [1.807, 2.05) is 19.9 Å². The third kappa shape index (κ3) is 5.38. The summed E-state index contributed by atoms with van der Waals surface area (Å²) < 4.78 is 6.82. The van der Waals surface area contributed by atoms with Gasteiger partial charge in [-0.3, -0.25) is 0 Å². The lowest BCUT2D eigenvalue weighted by Gasteiger charge is -2.17. The largest absolute Gasteiger partial charge is 0.489 e. The van der Waals surface area contributed by atoms with Crippen LogP contribution in [0.15, 0.2) is 50.2 Å². The van der Waals surface area contributed by atoms with Crippen molar-refractivity contribution in [3.8, 4) is 5.75 Å². The number of benzene rings is 2. The fourth-order valence-corrected chi connectivity index (χ4v) is 4.37. The predicted octanol–water partition coefficient (Wildman–Crippen LogP) is 6.67. The molecule has 1 N–H and O–H groups in total. The maximum absolute atomic E-state index is 11.5. The summed E-state index contributed by atoms with van der Waals surface area (Å²) in [6.07, 6.45) is 6.78. The first-order valence-corrected chi connectivity index (χ1v) is 10.9. The molecule has 0 spiro atoms. The number of carbonyl (C=O) groups is 1. The fourth-order valence-electron chi connectivity index (χ4n) is 2.38. The van der Waals surface area contributed by atoms with Crippen molar-refractivity contribution in [1.82, 2.24) is 0 Å². The number of thioether (sulfide) groups is 1. The molecule has 0 fully saturated rings. The van der Waals surface area contributed by atoms with Crippen molar-refractivity contribution in [1.29, 1.82) is 0 Å². The average Bonchev–Trinajstić information content (AvgIpc) is 2.58. The second kappa shape index (κ2) is 9.62. The molecule has 0 amide bonds. The molecule has 0 saturated carbocycles. The van der Waals surface area contributed by atoms with Gasteiger partial charge in [0.15, 0.2) is 0 Å². The Kier molecular flexibility index (Phi) is 7.80. The van der Waals surface area contributed by atoms with Crippen LogP contribution in [0.4, 0.5) is 0 Å². The van der Waals surface area contributed by atoms with E-state index in [1.165, 1.54) is 10.5 Å². The summed E-state index contributed by atoms with van der Waals surface area (Å²) in [6.45, 7) is 3.82. The minimum absolute atomic E-state index is 0.0691. The van der Waals surface area contributed by atoms with Gasteiger partial charge in [0.05, 0.1) is 16.1 Å². The Labute approximate surface area is 175 Å². The molecular weight excluding hydrogens is 480 g/mol. The molecule has 0 atom stereocenters. The molecule has 0 aliphatic carbocycles. The normalized spacial score (nSPS) is 11.3. The Balaban J connectivity index is 2.32. The summed E-state index contributed by atoms with van der Waals surface area (Å²) in [6, 6.07) is 10.2. The second-order valence-corrected chi connectivity index (χ2v) is 8.42. The molecule has 0 aromatic heterocycles. The highest BCUT2D eigenvalue weighted by atomic mass is 79.9. The maximum Gasteiger partial charge on any atom is 0.338 e. The first kappa shape index (κ1) is 21.1. The molecule has 138 valence electrons. The molecular formula is C20H20Br2O3S. The Morgan fingerprint density at radius 3 is 2.46 bits per heavy atom. The van der Waals surface area contributed by atoms with Crippen molar-refractivity contribution >= 4 is 55.7 Å². The zero-order chi connectivity index (χ0) is 19.3. The van der Waals surface area contributed by atoms with Crippen LogP contribution < -0.4 is 4.74 Å². The highest BCUT2D eigenvalue weighted by Gasteiger charge is 2.21. The van der Waals surface area contributed by atoms with Crippen LogP contribution in [-0.4, -0.2) is 23.4 Å². The van der Waals surface area contributed by atoms with E-state index in [2.05, 4.69) is 68.5 Å². The van der Waals surface area contributed by atoms with E-state index in [4.69, 9.17) is 4.74 Å². The first-order valence-electron chi connectivity index (χ1n) is 8.05. The van der Waals surface area contributed by atoms with E-state index in [0.29, 0.717) is 14.7 Å². The Hall–Kier alpha value is -1.24. The van der Waals surface area contributed by atoms with Crippen LogP contribution in [0.25, 0.3) is 6.08 Å². The molecule has 0 unspecified atom stereocenters. The Morgan fingerprint density at radius 2 is 1.92 bits per heavy atom. The van der Waals surface area contributed by atoms with Crippen LogP contribution in [0.3, 0.4) is 0 Å². The summed E-state index contributed by atoms with van der Waals surface area (Å²) in [5.41, 5.74) is 2.19. The van der Waals surface area contributed by atoms with Crippen molar-refractivity contribution in [2.75, 3.05) is 6.26 Å². The van der Waals surface area contributed by atoms with E-state index in [9.17, 15) is 9.90 Å². The summed E-state index contributed by atoms with van der Waals surface area (Å²) in [7, 11) is 0. The number of hydrogen-bond donors (Lipinski definition) is 1.